The molecule has 2 aromatic rings. The Morgan fingerprint density at radius 2 is 1.83 bits per heavy atom. The molecule has 0 amide bonds. The molecule has 0 radical (unpaired) electrons. The first kappa shape index (κ1) is 15.7. The Morgan fingerprint density at radius 1 is 1.12 bits per heavy atom. The van der Waals surface area contributed by atoms with Crippen molar-refractivity contribution in [1.29, 1.82) is 0 Å². The Labute approximate surface area is 145 Å². The lowest BCUT2D eigenvalue weighted by Gasteiger charge is -2.24. The SMILES string of the molecule is Cc1ccc(N2CC(O)(c3ccc(F)cc3)[N+]3=C2SCCC3)cc1. The standard InChI is InChI=1S/C19H20FN2OS/c1-14-3-9-17(10-4-14)21-13-19(23,15-5-7-16(20)8-6-15)22-11-2-12-24-18(21)22/h3-10,23H,2,11-13H2,1H3/q+1. The van der Waals surface area contributed by atoms with Gasteiger partial charge in [-0.3, -0.25) is 0 Å². The molecule has 2 aliphatic rings. The highest BCUT2D eigenvalue weighted by Crippen LogP contribution is 2.37. The molecule has 2 heterocycles. The zero-order valence-corrected chi connectivity index (χ0v) is 14.4. The molecule has 0 fully saturated rings. The lowest BCUT2D eigenvalue weighted by atomic mass is 10.0. The van der Waals surface area contributed by atoms with Crippen molar-refractivity contribution < 1.29 is 14.1 Å². The second-order valence-corrected chi connectivity index (χ2v) is 7.44. The third kappa shape index (κ3) is 2.52. The van der Waals surface area contributed by atoms with Crippen molar-refractivity contribution in [3.63, 3.8) is 0 Å². The number of β-amino-alcohol motifs (C(OH)–C–C–N with tert-alkyl or cyclic N) is 1. The van der Waals surface area contributed by atoms with Gasteiger partial charge in [-0.05, 0) is 61.5 Å². The predicted octanol–water partition coefficient (Wildman–Crippen LogP) is 3.30. The number of nitrogens with zero attached hydrogens (tertiary/aromatic N) is 2. The first-order chi connectivity index (χ1) is 11.6. The van der Waals surface area contributed by atoms with Gasteiger partial charge in [0.05, 0.1) is 6.54 Å². The van der Waals surface area contributed by atoms with Crippen LogP contribution in [0.15, 0.2) is 48.5 Å². The maximum absolute atomic E-state index is 13.3. The molecule has 0 saturated carbocycles. The van der Waals surface area contributed by atoms with Crippen LogP contribution < -0.4 is 4.90 Å². The fraction of sp³-hybridized carbons (Fsp3) is 0.316. The Bertz CT molecular complexity index is 788. The zero-order chi connectivity index (χ0) is 16.7. The normalized spacial score (nSPS) is 23.5. The number of hydrogen-bond donors (Lipinski definition) is 1. The summed E-state index contributed by atoms with van der Waals surface area (Å²) in [5.41, 5.74) is 1.90. The molecule has 4 rings (SSSR count). The van der Waals surface area contributed by atoms with Gasteiger partial charge in [-0.1, -0.05) is 17.7 Å². The summed E-state index contributed by atoms with van der Waals surface area (Å²) in [7, 11) is 0. The molecular weight excluding hydrogens is 323 g/mol. The van der Waals surface area contributed by atoms with E-state index >= 15 is 0 Å². The number of halogens is 1. The quantitative estimate of drug-likeness (QED) is 0.848. The lowest BCUT2D eigenvalue weighted by Crippen LogP contribution is -2.41. The molecule has 2 aromatic carbocycles. The van der Waals surface area contributed by atoms with Gasteiger partial charge in [0.15, 0.2) is 6.54 Å². The van der Waals surface area contributed by atoms with Gasteiger partial charge in [-0.2, -0.15) is 0 Å². The summed E-state index contributed by atoms with van der Waals surface area (Å²) >= 11 is 1.78. The van der Waals surface area contributed by atoms with Gasteiger partial charge in [-0.25, -0.2) is 13.9 Å². The van der Waals surface area contributed by atoms with Crippen molar-refractivity contribution in [2.24, 2.45) is 0 Å². The number of aryl methyl sites for hydroxylation is 1. The number of rotatable bonds is 2. The van der Waals surface area contributed by atoms with Gasteiger partial charge in [0.2, 0.25) is 0 Å². The average Bonchev–Trinajstić information content (AvgIpc) is 2.91. The van der Waals surface area contributed by atoms with E-state index < -0.39 is 5.72 Å². The minimum atomic E-state index is -1.12. The lowest BCUT2D eigenvalue weighted by molar-refractivity contribution is -0.656. The van der Waals surface area contributed by atoms with E-state index in [1.165, 1.54) is 17.7 Å². The third-order valence-electron chi connectivity index (χ3n) is 4.70. The Morgan fingerprint density at radius 3 is 2.54 bits per heavy atom. The van der Waals surface area contributed by atoms with Gasteiger partial charge >= 0.3 is 5.17 Å². The number of benzene rings is 2. The molecule has 3 nitrogen and oxygen atoms in total. The molecule has 1 atom stereocenters. The van der Waals surface area contributed by atoms with Crippen LogP contribution in [0.1, 0.15) is 17.5 Å². The van der Waals surface area contributed by atoms with Crippen LogP contribution in [0.25, 0.3) is 0 Å². The van der Waals surface area contributed by atoms with E-state index in [1.54, 1.807) is 23.9 Å². The molecule has 0 saturated heterocycles. The van der Waals surface area contributed by atoms with E-state index in [0.29, 0.717) is 6.54 Å². The summed E-state index contributed by atoms with van der Waals surface area (Å²) in [6.45, 7) is 3.32. The molecule has 5 heteroatoms. The van der Waals surface area contributed by atoms with Crippen LogP contribution in [0.3, 0.4) is 0 Å². The number of anilines is 1. The van der Waals surface area contributed by atoms with E-state index in [9.17, 15) is 9.50 Å². The van der Waals surface area contributed by atoms with E-state index in [0.717, 1.165) is 35.1 Å². The van der Waals surface area contributed by atoms with Crippen LogP contribution in [-0.2, 0) is 5.72 Å². The van der Waals surface area contributed by atoms with Gasteiger partial charge < -0.3 is 5.11 Å². The molecule has 2 aliphatic heterocycles. The molecule has 124 valence electrons. The highest BCUT2D eigenvalue weighted by Gasteiger charge is 2.53. The fourth-order valence-corrected chi connectivity index (χ4v) is 4.57. The van der Waals surface area contributed by atoms with Crippen molar-refractivity contribution in [1.82, 2.24) is 0 Å². The van der Waals surface area contributed by atoms with Crippen molar-refractivity contribution in [2.45, 2.75) is 19.1 Å². The number of thioether (sulfide) groups is 1. The molecule has 24 heavy (non-hydrogen) atoms. The fourth-order valence-electron chi connectivity index (χ4n) is 3.39. The molecule has 1 unspecified atom stereocenters. The van der Waals surface area contributed by atoms with Crippen LogP contribution in [0.4, 0.5) is 10.1 Å². The summed E-state index contributed by atoms with van der Waals surface area (Å²) in [6.07, 6.45) is 1.03. The van der Waals surface area contributed by atoms with E-state index in [1.807, 2.05) is 0 Å². The van der Waals surface area contributed by atoms with E-state index in [4.69, 9.17) is 0 Å². The summed E-state index contributed by atoms with van der Waals surface area (Å²) in [5, 5.41) is 12.5. The van der Waals surface area contributed by atoms with Crippen LogP contribution in [0.2, 0.25) is 0 Å². The van der Waals surface area contributed by atoms with Crippen molar-refractivity contribution in [3.05, 3.63) is 65.5 Å². The monoisotopic (exact) mass is 343 g/mol. The second-order valence-electron chi connectivity index (χ2n) is 6.38. The highest BCUT2D eigenvalue weighted by atomic mass is 32.2. The predicted molar refractivity (Wildman–Crippen MR) is 96.0 cm³/mol. The van der Waals surface area contributed by atoms with Crippen molar-refractivity contribution in [3.8, 4) is 0 Å². The van der Waals surface area contributed by atoms with Crippen LogP contribution in [0.5, 0.6) is 0 Å². The van der Waals surface area contributed by atoms with Crippen molar-refractivity contribution in [2.75, 3.05) is 23.7 Å². The Hall–Kier alpha value is -1.85. The average molecular weight is 343 g/mol. The first-order valence-electron chi connectivity index (χ1n) is 8.18. The maximum atomic E-state index is 13.3. The van der Waals surface area contributed by atoms with Crippen molar-refractivity contribution >= 4 is 22.6 Å². The number of hydrogen-bond acceptors (Lipinski definition) is 3. The second kappa shape index (κ2) is 5.90. The minimum absolute atomic E-state index is 0.284. The van der Waals surface area contributed by atoms with Gasteiger partial charge in [0.25, 0.3) is 5.72 Å². The van der Waals surface area contributed by atoms with E-state index in [2.05, 4.69) is 40.7 Å². The maximum Gasteiger partial charge on any atom is 0.316 e. The minimum Gasteiger partial charge on any atom is -0.346 e. The number of amidine groups is 1. The highest BCUT2D eigenvalue weighted by molar-refractivity contribution is 8.13. The van der Waals surface area contributed by atoms with E-state index in [-0.39, 0.29) is 5.82 Å². The molecule has 0 aliphatic carbocycles. The zero-order valence-electron chi connectivity index (χ0n) is 13.6. The molecule has 0 bridgehead atoms. The van der Waals surface area contributed by atoms with Crippen LogP contribution in [-0.4, -0.2) is 33.7 Å². The summed E-state index contributed by atoms with van der Waals surface area (Å²) in [6, 6.07) is 14.6. The smallest absolute Gasteiger partial charge is 0.316 e. The third-order valence-corrected chi connectivity index (χ3v) is 5.89. The summed E-state index contributed by atoms with van der Waals surface area (Å²) in [5.74, 6) is 0.765. The first-order valence-corrected chi connectivity index (χ1v) is 9.16. The molecular formula is C19H20FN2OS+. The molecule has 0 spiro atoms. The summed E-state index contributed by atoms with van der Waals surface area (Å²) in [4.78, 5) is 2.17. The Kier molecular flexibility index (Phi) is 3.85. The topological polar surface area (TPSA) is 26.5 Å². The number of aliphatic hydroxyl groups is 1. The van der Waals surface area contributed by atoms with Gasteiger partial charge in [0.1, 0.15) is 11.5 Å². The molecule has 0 aromatic heterocycles. The van der Waals surface area contributed by atoms with Gasteiger partial charge in [-0.15, -0.1) is 0 Å². The Balaban J connectivity index is 1.78. The molecule has 1 N–H and O–H groups in total. The largest absolute Gasteiger partial charge is 0.346 e. The van der Waals surface area contributed by atoms with Gasteiger partial charge in [0, 0.05) is 11.3 Å². The van der Waals surface area contributed by atoms with Crippen LogP contribution in [0, 0.1) is 12.7 Å². The van der Waals surface area contributed by atoms with Crippen LogP contribution >= 0.6 is 11.8 Å². The summed E-state index contributed by atoms with van der Waals surface area (Å²) < 4.78 is 15.4.